The lowest BCUT2D eigenvalue weighted by atomic mass is 9.80. The SMILES string of the molecule is CCNC1CC2CCCC(C1)N2C(C)c1nncn1C. The van der Waals surface area contributed by atoms with E-state index in [0.717, 1.165) is 12.4 Å². The van der Waals surface area contributed by atoms with Crippen LogP contribution in [-0.4, -0.2) is 44.3 Å². The molecule has 0 saturated carbocycles. The third-order valence-corrected chi connectivity index (χ3v) is 5.09. The highest BCUT2D eigenvalue weighted by atomic mass is 15.3. The number of rotatable bonds is 4. The molecular weight excluding hydrogens is 250 g/mol. The van der Waals surface area contributed by atoms with Gasteiger partial charge < -0.3 is 9.88 Å². The van der Waals surface area contributed by atoms with Crippen LogP contribution in [0.15, 0.2) is 6.33 Å². The molecule has 0 spiro atoms. The van der Waals surface area contributed by atoms with E-state index in [2.05, 4.69) is 38.8 Å². The summed E-state index contributed by atoms with van der Waals surface area (Å²) < 4.78 is 2.07. The van der Waals surface area contributed by atoms with E-state index in [0.29, 0.717) is 24.2 Å². The van der Waals surface area contributed by atoms with Crippen LogP contribution in [-0.2, 0) is 7.05 Å². The fourth-order valence-corrected chi connectivity index (χ4v) is 4.31. The van der Waals surface area contributed by atoms with Gasteiger partial charge in [-0.05, 0) is 39.2 Å². The second-order valence-electron chi connectivity index (χ2n) is 6.39. The summed E-state index contributed by atoms with van der Waals surface area (Å²) in [4.78, 5) is 2.72. The third kappa shape index (κ3) is 2.49. The highest BCUT2D eigenvalue weighted by Gasteiger charge is 2.41. The van der Waals surface area contributed by atoms with Gasteiger partial charge in [0.2, 0.25) is 0 Å². The van der Waals surface area contributed by atoms with Crippen LogP contribution < -0.4 is 5.32 Å². The lowest BCUT2D eigenvalue weighted by Gasteiger charge is -2.51. The molecule has 5 heteroatoms. The Hall–Kier alpha value is -0.940. The van der Waals surface area contributed by atoms with Gasteiger partial charge in [-0.2, -0.15) is 0 Å². The molecule has 1 N–H and O–H groups in total. The standard InChI is InChI=1S/C15H27N5/c1-4-16-12-8-13-6-5-7-14(9-12)20(13)11(2)15-18-17-10-19(15)3/h10-14,16H,4-9H2,1-3H3. The van der Waals surface area contributed by atoms with Crippen LogP contribution >= 0.6 is 0 Å². The van der Waals surface area contributed by atoms with E-state index in [1.54, 1.807) is 0 Å². The Balaban J connectivity index is 1.78. The molecule has 0 radical (unpaired) electrons. The monoisotopic (exact) mass is 277 g/mol. The smallest absolute Gasteiger partial charge is 0.149 e. The average Bonchev–Trinajstić information content (AvgIpc) is 2.83. The lowest BCUT2D eigenvalue weighted by Crippen LogP contribution is -2.57. The van der Waals surface area contributed by atoms with Crippen LogP contribution in [0.2, 0.25) is 0 Å². The van der Waals surface area contributed by atoms with Crippen molar-refractivity contribution in [3.63, 3.8) is 0 Å². The zero-order valence-electron chi connectivity index (χ0n) is 12.9. The van der Waals surface area contributed by atoms with Crippen molar-refractivity contribution in [3.8, 4) is 0 Å². The van der Waals surface area contributed by atoms with Gasteiger partial charge in [-0.3, -0.25) is 4.90 Å². The first-order valence-electron chi connectivity index (χ1n) is 8.05. The molecule has 2 fully saturated rings. The second kappa shape index (κ2) is 5.82. The maximum atomic E-state index is 4.33. The minimum absolute atomic E-state index is 0.375. The summed E-state index contributed by atoms with van der Waals surface area (Å²) in [5.74, 6) is 1.10. The molecule has 20 heavy (non-hydrogen) atoms. The molecule has 3 atom stereocenters. The molecule has 2 aliphatic heterocycles. The molecule has 3 unspecified atom stereocenters. The first-order chi connectivity index (χ1) is 9.70. The van der Waals surface area contributed by atoms with E-state index >= 15 is 0 Å². The van der Waals surface area contributed by atoms with Gasteiger partial charge in [-0.1, -0.05) is 13.3 Å². The summed E-state index contributed by atoms with van der Waals surface area (Å²) in [6, 6.07) is 2.50. The van der Waals surface area contributed by atoms with E-state index < -0.39 is 0 Å². The van der Waals surface area contributed by atoms with Gasteiger partial charge in [0.1, 0.15) is 12.2 Å². The summed E-state index contributed by atoms with van der Waals surface area (Å²) in [6.07, 6.45) is 8.43. The first kappa shape index (κ1) is 14.0. The molecular formula is C15H27N5. The van der Waals surface area contributed by atoms with Crippen molar-refractivity contribution >= 4 is 0 Å². The van der Waals surface area contributed by atoms with Gasteiger partial charge >= 0.3 is 0 Å². The normalized spacial score (nSPS) is 32.2. The summed E-state index contributed by atoms with van der Waals surface area (Å²) in [5.41, 5.74) is 0. The van der Waals surface area contributed by atoms with Gasteiger partial charge in [0, 0.05) is 25.2 Å². The lowest BCUT2D eigenvalue weighted by molar-refractivity contribution is -0.00941. The molecule has 0 amide bonds. The zero-order valence-corrected chi connectivity index (χ0v) is 12.9. The van der Waals surface area contributed by atoms with Crippen LogP contribution in [0.25, 0.3) is 0 Å². The average molecular weight is 277 g/mol. The van der Waals surface area contributed by atoms with Gasteiger partial charge in [-0.25, -0.2) is 0 Å². The van der Waals surface area contributed by atoms with Crippen molar-refractivity contribution in [2.75, 3.05) is 6.54 Å². The van der Waals surface area contributed by atoms with Gasteiger partial charge in [0.25, 0.3) is 0 Å². The Morgan fingerprint density at radius 3 is 2.60 bits per heavy atom. The summed E-state index contributed by atoms with van der Waals surface area (Å²) in [5, 5.41) is 12.0. The van der Waals surface area contributed by atoms with Crippen molar-refractivity contribution < 1.29 is 0 Å². The summed E-state index contributed by atoms with van der Waals surface area (Å²) >= 11 is 0. The molecule has 1 aromatic heterocycles. The maximum Gasteiger partial charge on any atom is 0.149 e. The largest absolute Gasteiger partial charge is 0.319 e. The molecule has 1 aromatic rings. The van der Waals surface area contributed by atoms with Crippen molar-refractivity contribution in [2.45, 2.75) is 70.1 Å². The molecule has 2 saturated heterocycles. The van der Waals surface area contributed by atoms with Crippen LogP contribution in [0.3, 0.4) is 0 Å². The Kier molecular flexibility index (Phi) is 4.08. The number of aryl methyl sites for hydroxylation is 1. The minimum atomic E-state index is 0.375. The van der Waals surface area contributed by atoms with Crippen molar-refractivity contribution in [1.82, 2.24) is 25.0 Å². The van der Waals surface area contributed by atoms with Crippen molar-refractivity contribution in [3.05, 3.63) is 12.2 Å². The number of hydrogen-bond donors (Lipinski definition) is 1. The number of nitrogens with one attached hydrogen (secondary N) is 1. The third-order valence-electron chi connectivity index (χ3n) is 5.09. The number of nitrogens with zero attached hydrogens (tertiary/aromatic N) is 4. The molecule has 2 bridgehead atoms. The molecule has 2 aliphatic rings. The predicted octanol–water partition coefficient (Wildman–Crippen LogP) is 1.87. The van der Waals surface area contributed by atoms with Crippen molar-refractivity contribution in [2.24, 2.45) is 7.05 Å². The second-order valence-corrected chi connectivity index (χ2v) is 6.39. The molecule has 5 nitrogen and oxygen atoms in total. The Morgan fingerprint density at radius 1 is 1.35 bits per heavy atom. The highest BCUT2D eigenvalue weighted by Crippen LogP contribution is 2.39. The molecule has 112 valence electrons. The van der Waals surface area contributed by atoms with E-state index in [4.69, 9.17) is 0 Å². The van der Waals surface area contributed by atoms with Gasteiger partial charge in [0.15, 0.2) is 0 Å². The molecule has 0 aromatic carbocycles. The minimum Gasteiger partial charge on any atom is -0.319 e. The van der Waals surface area contributed by atoms with Crippen LogP contribution in [0.5, 0.6) is 0 Å². The summed E-state index contributed by atoms with van der Waals surface area (Å²) in [6.45, 7) is 5.59. The predicted molar refractivity (Wildman–Crippen MR) is 79.4 cm³/mol. The van der Waals surface area contributed by atoms with E-state index in [1.807, 2.05) is 13.4 Å². The first-order valence-corrected chi connectivity index (χ1v) is 8.05. The van der Waals surface area contributed by atoms with E-state index in [-0.39, 0.29) is 0 Å². The van der Waals surface area contributed by atoms with Gasteiger partial charge in [0.05, 0.1) is 6.04 Å². The zero-order chi connectivity index (χ0) is 14.1. The van der Waals surface area contributed by atoms with E-state index in [9.17, 15) is 0 Å². The van der Waals surface area contributed by atoms with Crippen LogP contribution in [0, 0.1) is 0 Å². The molecule has 0 aliphatic carbocycles. The number of piperidine rings is 2. The Morgan fingerprint density at radius 2 is 2.05 bits per heavy atom. The molecule has 3 heterocycles. The number of fused-ring (bicyclic) bond motifs is 2. The number of aromatic nitrogens is 3. The fraction of sp³-hybridized carbons (Fsp3) is 0.867. The summed E-state index contributed by atoms with van der Waals surface area (Å²) in [7, 11) is 2.05. The quantitative estimate of drug-likeness (QED) is 0.912. The van der Waals surface area contributed by atoms with Crippen molar-refractivity contribution in [1.29, 1.82) is 0 Å². The Labute approximate surface area is 121 Å². The van der Waals surface area contributed by atoms with E-state index in [1.165, 1.54) is 32.1 Å². The maximum absolute atomic E-state index is 4.33. The van der Waals surface area contributed by atoms with Gasteiger partial charge in [-0.15, -0.1) is 10.2 Å². The van der Waals surface area contributed by atoms with Crippen LogP contribution in [0.1, 0.15) is 57.8 Å². The fourth-order valence-electron chi connectivity index (χ4n) is 4.31. The molecule has 3 rings (SSSR count). The highest BCUT2D eigenvalue weighted by molar-refractivity contribution is 5.02. The number of hydrogen-bond acceptors (Lipinski definition) is 4. The topological polar surface area (TPSA) is 46.0 Å². The Bertz CT molecular complexity index is 429. The van der Waals surface area contributed by atoms with Crippen LogP contribution in [0.4, 0.5) is 0 Å².